The minimum Gasteiger partial charge on any atom is -0.310 e. The number of hydrogen-bond donors (Lipinski definition) is 1. The zero-order valence-corrected chi connectivity index (χ0v) is 9.70. The third-order valence-corrected chi connectivity index (χ3v) is 2.74. The van der Waals surface area contributed by atoms with E-state index in [1.54, 1.807) is 11.8 Å². The molecule has 1 nitrogen and oxygen atoms in total. The van der Waals surface area contributed by atoms with Gasteiger partial charge in [-0.3, -0.25) is 0 Å². The predicted octanol–water partition coefficient (Wildman–Crippen LogP) is 2.98. The second-order valence-corrected chi connectivity index (χ2v) is 4.18. The highest BCUT2D eigenvalue weighted by Crippen LogP contribution is 2.19. The van der Waals surface area contributed by atoms with Gasteiger partial charge in [0.25, 0.3) is 0 Å². The maximum Gasteiger partial charge on any atom is 0.126 e. The van der Waals surface area contributed by atoms with Crippen LogP contribution in [0.2, 0.25) is 0 Å². The molecular formula is C11H15F2NS. The van der Waals surface area contributed by atoms with E-state index in [2.05, 4.69) is 5.32 Å². The molecule has 0 saturated carbocycles. The molecule has 1 N–H and O–H groups in total. The lowest BCUT2D eigenvalue weighted by Crippen LogP contribution is -2.23. The van der Waals surface area contributed by atoms with E-state index in [0.29, 0.717) is 5.56 Å². The molecule has 1 unspecified atom stereocenters. The summed E-state index contributed by atoms with van der Waals surface area (Å²) in [5.74, 6) is -0.237. The summed E-state index contributed by atoms with van der Waals surface area (Å²) in [7, 11) is 0. The highest BCUT2D eigenvalue weighted by molar-refractivity contribution is 7.98. The maximum absolute atomic E-state index is 13.0. The highest BCUT2D eigenvalue weighted by atomic mass is 32.2. The fourth-order valence-corrected chi connectivity index (χ4v) is 2.11. The maximum atomic E-state index is 13.0. The van der Waals surface area contributed by atoms with E-state index >= 15 is 0 Å². The largest absolute Gasteiger partial charge is 0.310 e. The summed E-state index contributed by atoms with van der Waals surface area (Å²) in [4.78, 5) is 0. The van der Waals surface area contributed by atoms with E-state index in [1.807, 2.05) is 13.2 Å². The van der Waals surface area contributed by atoms with E-state index in [4.69, 9.17) is 0 Å². The third kappa shape index (κ3) is 3.80. The van der Waals surface area contributed by atoms with Gasteiger partial charge < -0.3 is 5.32 Å². The minimum atomic E-state index is -0.519. The Bertz CT molecular complexity index is 291. The minimum absolute atomic E-state index is 0.00944. The van der Waals surface area contributed by atoms with Crippen LogP contribution >= 0.6 is 11.8 Å². The summed E-state index contributed by atoms with van der Waals surface area (Å²) in [6, 6.07) is 3.67. The molecule has 0 aliphatic rings. The number of halogens is 2. The molecule has 0 aromatic heterocycles. The van der Waals surface area contributed by atoms with Crippen molar-refractivity contribution in [1.82, 2.24) is 5.32 Å². The molecular weight excluding hydrogens is 216 g/mol. The zero-order valence-electron chi connectivity index (χ0n) is 8.89. The Morgan fingerprint density at radius 3 is 2.33 bits per heavy atom. The van der Waals surface area contributed by atoms with Crippen LogP contribution in [0.4, 0.5) is 8.78 Å². The molecule has 0 aliphatic carbocycles. The molecule has 0 aliphatic heterocycles. The summed E-state index contributed by atoms with van der Waals surface area (Å²) in [5.41, 5.74) is 0.670. The summed E-state index contributed by atoms with van der Waals surface area (Å²) in [6.45, 7) is 2.76. The van der Waals surface area contributed by atoms with Crippen LogP contribution in [0, 0.1) is 11.6 Å². The van der Waals surface area contributed by atoms with Crippen molar-refractivity contribution in [2.45, 2.75) is 13.0 Å². The Labute approximate surface area is 93.3 Å². The Morgan fingerprint density at radius 1 is 1.27 bits per heavy atom. The average Bonchev–Trinajstić information content (AvgIpc) is 2.16. The first-order chi connectivity index (χ1) is 7.17. The van der Waals surface area contributed by atoms with Gasteiger partial charge in [0.2, 0.25) is 0 Å². The van der Waals surface area contributed by atoms with Gasteiger partial charge in [0.05, 0.1) is 0 Å². The lowest BCUT2D eigenvalue weighted by molar-refractivity contribution is 0.558. The summed E-state index contributed by atoms with van der Waals surface area (Å²) >= 11 is 1.65. The molecule has 0 spiro atoms. The van der Waals surface area contributed by atoms with Crippen molar-refractivity contribution in [2.24, 2.45) is 0 Å². The summed E-state index contributed by atoms with van der Waals surface area (Å²) < 4.78 is 26.0. The fourth-order valence-electron chi connectivity index (χ4n) is 1.46. The Morgan fingerprint density at radius 2 is 1.87 bits per heavy atom. The van der Waals surface area contributed by atoms with Crippen LogP contribution in [0.1, 0.15) is 18.5 Å². The highest BCUT2D eigenvalue weighted by Gasteiger charge is 2.11. The van der Waals surface area contributed by atoms with Crippen molar-refractivity contribution < 1.29 is 8.78 Å². The van der Waals surface area contributed by atoms with E-state index in [0.717, 1.165) is 18.4 Å². The molecule has 15 heavy (non-hydrogen) atoms. The fraction of sp³-hybridized carbons (Fsp3) is 0.455. The molecule has 1 rings (SSSR count). The van der Waals surface area contributed by atoms with Gasteiger partial charge in [-0.2, -0.15) is 11.8 Å². The molecule has 84 valence electrons. The molecule has 0 bridgehead atoms. The first kappa shape index (κ1) is 12.5. The zero-order chi connectivity index (χ0) is 11.3. The van der Waals surface area contributed by atoms with Crippen LogP contribution < -0.4 is 5.32 Å². The number of nitrogens with one attached hydrogen (secondary N) is 1. The molecule has 0 radical (unpaired) electrons. The third-order valence-electron chi connectivity index (χ3n) is 2.07. The van der Waals surface area contributed by atoms with Crippen molar-refractivity contribution in [1.29, 1.82) is 0 Å². The van der Waals surface area contributed by atoms with Gasteiger partial charge in [0.1, 0.15) is 11.6 Å². The molecule has 4 heteroatoms. The van der Waals surface area contributed by atoms with Crippen LogP contribution in [0.5, 0.6) is 0 Å². The van der Waals surface area contributed by atoms with E-state index in [-0.39, 0.29) is 6.04 Å². The predicted molar refractivity (Wildman–Crippen MR) is 61.2 cm³/mol. The molecule has 1 aromatic rings. The van der Waals surface area contributed by atoms with E-state index in [9.17, 15) is 8.78 Å². The lowest BCUT2D eigenvalue weighted by atomic mass is 10.1. The van der Waals surface area contributed by atoms with Gasteiger partial charge in [-0.25, -0.2) is 8.78 Å². The van der Waals surface area contributed by atoms with Crippen LogP contribution in [0.3, 0.4) is 0 Å². The first-order valence-electron chi connectivity index (χ1n) is 4.85. The molecule has 1 aromatic carbocycles. The summed E-state index contributed by atoms with van der Waals surface area (Å²) in [6.07, 6.45) is 1.97. The molecule has 0 saturated heterocycles. The van der Waals surface area contributed by atoms with Gasteiger partial charge >= 0.3 is 0 Å². The van der Waals surface area contributed by atoms with Crippen LogP contribution in [0.25, 0.3) is 0 Å². The van der Waals surface area contributed by atoms with Crippen LogP contribution in [-0.4, -0.2) is 18.6 Å². The van der Waals surface area contributed by atoms with E-state index in [1.165, 1.54) is 12.1 Å². The standard InChI is InChI=1S/C11H15F2NS/c1-3-14-11(7-15-2)8-4-9(12)6-10(13)5-8/h4-6,11,14H,3,7H2,1-2H3. The van der Waals surface area contributed by atoms with E-state index < -0.39 is 11.6 Å². The average molecular weight is 231 g/mol. The van der Waals surface area contributed by atoms with Gasteiger partial charge in [0.15, 0.2) is 0 Å². The summed E-state index contributed by atoms with van der Waals surface area (Å²) in [5, 5.41) is 3.20. The normalized spacial score (nSPS) is 12.8. The molecule has 0 amide bonds. The van der Waals surface area contributed by atoms with Gasteiger partial charge in [-0.15, -0.1) is 0 Å². The first-order valence-corrected chi connectivity index (χ1v) is 6.25. The van der Waals surface area contributed by atoms with Crippen molar-refractivity contribution in [3.05, 3.63) is 35.4 Å². The molecule has 1 atom stereocenters. The van der Waals surface area contributed by atoms with Gasteiger partial charge in [-0.05, 0) is 30.5 Å². The molecule has 0 heterocycles. The van der Waals surface area contributed by atoms with Gasteiger partial charge in [0, 0.05) is 17.9 Å². The van der Waals surface area contributed by atoms with Gasteiger partial charge in [-0.1, -0.05) is 6.92 Å². The Kier molecular flexibility index (Phi) is 5.05. The Balaban J connectivity index is 2.88. The van der Waals surface area contributed by atoms with Crippen molar-refractivity contribution in [3.63, 3.8) is 0 Å². The number of rotatable bonds is 5. The monoisotopic (exact) mass is 231 g/mol. The van der Waals surface area contributed by atoms with Crippen molar-refractivity contribution in [2.75, 3.05) is 18.6 Å². The van der Waals surface area contributed by atoms with Crippen molar-refractivity contribution in [3.8, 4) is 0 Å². The Hall–Kier alpha value is -0.610. The topological polar surface area (TPSA) is 12.0 Å². The van der Waals surface area contributed by atoms with Crippen molar-refractivity contribution >= 4 is 11.8 Å². The molecule has 0 fully saturated rings. The number of hydrogen-bond acceptors (Lipinski definition) is 2. The SMILES string of the molecule is CCNC(CSC)c1cc(F)cc(F)c1. The second kappa shape index (κ2) is 6.08. The second-order valence-electron chi connectivity index (χ2n) is 3.27. The quantitative estimate of drug-likeness (QED) is 0.836. The van der Waals surface area contributed by atoms with Crippen LogP contribution in [0.15, 0.2) is 18.2 Å². The lowest BCUT2D eigenvalue weighted by Gasteiger charge is -2.17. The smallest absolute Gasteiger partial charge is 0.126 e. The number of thioether (sulfide) groups is 1. The number of benzene rings is 1. The van der Waals surface area contributed by atoms with Crippen LogP contribution in [-0.2, 0) is 0 Å².